The zero-order valence-corrected chi connectivity index (χ0v) is 18.4. The lowest BCUT2D eigenvalue weighted by molar-refractivity contribution is -0.115. The van der Waals surface area contributed by atoms with Gasteiger partial charge < -0.3 is 24.5 Å². The molecule has 2 amide bonds. The monoisotopic (exact) mass is 444 g/mol. The van der Waals surface area contributed by atoms with E-state index < -0.39 is 5.91 Å². The summed E-state index contributed by atoms with van der Waals surface area (Å²) in [5.41, 5.74) is 2.15. The molecule has 3 aromatic carbocycles. The normalized spacial score (nSPS) is 10.6. The summed E-state index contributed by atoms with van der Waals surface area (Å²) in [6.07, 6.45) is 0.138. The van der Waals surface area contributed by atoms with Crippen LogP contribution in [0.3, 0.4) is 0 Å². The van der Waals surface area contributed by atoms with Crippen LogP contribution in [0.2, 0.25) is 0 Å². The standard InChI is InChI=1S/C26H24N2O5/c1-3-32-18-14-12-17(13-15-18)16-23(29)28-24-19-8-4-6-10-21(19)33-25(24)26(30)27-20-9-5-7-11-22(20)31-2/h4-15H,3,16H2,1-2H3,(H,27,30)(H,28,29). The van der Waals surface area contributed by atoms with Crippen LogP contribution < -0.4 is 20.1 Å². The fourth-order valence-electron chi connectivity index (χ4n) is 3.50. The first kappa shape index (κ1) is 22.0. The SMILES string of the molecule is CCOc1ccc(CC(=O)Nc2c(C(=O)Nc3ccccc3OC)oc3ccccc23)cc1. The van der Waals surface area contributed by atoms with Crippen LogP contribution in [0, 0.1) is 0 Å². The van der Waals surface area contributed by atoms with E-state index in [0.29, 0.717) is 34.7 Å². The first-order valence-corrected chi connectivity index (χ1v) is 10.6. The lowest BCUT2D eigenvalue weighted by Crippen LogP contribution is -2.18. The molecule has 0 unspecified atom stereocenters. The van der Waals surface area contributed by atoms with Gasteiger partial charge in [-0.25, -0.2) is 0 Å². The van der Waals surface area contributed by atoms with Gasteiger partial charge in [-0.05, 0) is 48.9 Å². The Hall–Kier alpha value is -4.26. The second-order valence-corrected chi connectivity index (χ2v) is 7.26. The Kier molecular flexibility index (Phi) is 6.59. The number of hydrogen-bond donors (Lipinski definition) is 2. The van der Waals surface area contributed by atoms with Crippen molar-refractivity contribution in [3.05, 3.63) is 84.1 Å². The number of anilines is 2. The smallest absolute Gasteiger partial charge is 0.293 e. The summed E-state index contributed by atoms with van der Waals surface area (Å²) in [5.74, 6) is 0.520. The molecule has 0 saturated carbocycles. The number of benzene rings is 3. The minimum absolute atomic E-state index is 0.0159. The van der Waals surface area contributed by atoms with Crippen molar-refractivity contribution in [2.75, 3.05) is 24.4 Å². The molecule has 4 aromatic rings. The molecule has 7 nitrogen and oxygen atoms in total. The molecular weight excluding hydrogens is 420 g/mol. The van der Waals surface area contributed by atoms with Crippen molar-refractivity contribution in [1.82, 2.24) is 0 Å². The van der Waals surface area contributed by atoms with Gasteiger partial charge in [0.05, 0.1) is 25.8 Å². The van der Waals surface area contributed by atoms with Crippen LogP contribution in [0.15, 0.2) is 77.2 Å². The van der Waals surface area contributed by atoms with Gasteiger partial charge in [0.2, 0.25) is 11.7 Å². The van der Waals surface area contributed by atoms with E-state index in [-0.39, 0.29) is 18.1 Å². The maximum Gasteiger partial charge on any atom is 0.293 e. The first-order valence-electron chi connectivity index (χ1n) is 10.6. The molecule has 1 aromatic heterocycles. The van der Waals surface area contributed by atoms with Crippen LogP contribution in [0.5, 0.6) is 11.5 Å². The van der Waals surface area contributed by atoms with Gasteiger partial charge in [-0.2, -0.15) is 0 Å². The summed E-state index contributed by atoms with van der Waals surface area (Å²) < 4.78 is 16.6. The molecule has 0 spiro atoms. The molecule has 0 fully saturated rings. The number of fused-ring (bicyclic) bond motifs is 1. The molecular formula is C26H24N2O5. The molecule has 0 radical (unpaired) electrons. The molecule has 4 rings (SSSR count). The van der Waals surface area contributed by atoms with E-state index in [1.807, 2.05) is 43.3 Å². The lowest BCUT2D eigenvalue weighted by Gasteiger charge is -2.10. The van der Waals surface area contributed by atoms with Crippen molar-refractivity contribution in [3.8, 4) is 11.5 Å². The zero-order chi connectivity index (χ0) is 23.2. The maximum atomic E-state index is 13.1. The van der Waals surface area contributed by atoms with E-state index in [2.05, 4.69) is 10.6 Å². The van der Waals surface area contributed by atoms with E-state index in [9.17, 15) is 9.59 Å². The Bertz CT molecular complexity index is 1280. The predicted octanol–water partition coefficient (Wildman–Crippen LogP) is 5.27. The average molecular weight is 444 g/mol. The number of para-hydroxylation sites is 3. The summed E-state index contributed by atoms with van der Waals surface area (Å²) in [5, 5.41) is 6.30. The molecule has 0 aliphatic carbocycles. The zero-order valence-electron chi connectivity index (χ0n) is 18.4. The summed E-state index contributed by atoms with van der Waals surface area (Å²) in [7, 11) is 1.53. The molecule has 7 heteroatoms. The van der Waals surface area contributed by atoms with Gasteiger partial charge in [0, 0.05) is 5.39 Å². The fourth-order valence-corrected chi connectivity index (χ4v) is 3.50. The third-order valence-corrected chi connectivity index (χ3v) is 5.02. The number of furan rings is 1. The third-order valence-electron chi connectivity index (χ3n) is 5.02. The molecule has 0 bridgehead atoms. The van der Waals surface area contributed by atoms with Gasteiger partial charge in [-0.3, -0.25) is 9.59 Å². The van der Waals surface area contributed by atoms with Gasteiger partial charge in [0.1, 0.15) is 22.8 Å². The molecule has 2 N–H and O–H groups in total. The van der Waals surface area contributed by atoms with Gasteiger partial charge in [0.15, 0.2) is 0 Å². The number of rotatable bonds is 8. The van der Waals surface area contributed by atoms with Crippen LogP contribution in [-0.4, -0.2) is 25.5 Å². The van der Waals surface area contributed by atoms with E-state index >= 15 is 0 Å². The Labute approximate surface area is 191 Å². The van der Waals surface area contributed by atoms with Crippen molar-refractivity contribution in [2.24, 2.45) is 0 Å². The van der Waals surface area contributed by atoms with Crippen molar-refractivity contribution in [1.29, 1.82) is 0 Å². The Morgan fingerprint density at radius 1 is 0.909 bits per heavy atom. The molecule has 0 atom stereocenters. The molecule has 0 saturated heterocycles. The van der Waals surface area contributed by atoms with Crippen molar-refractivity contribution in [3.63, 3.8) is 0 Å². The highest BCUT2D eigenvalue weighted by Crippen LogP contribution is 2.32. The number of hydrogen-bond acceptors (Lipinski definition) is 5. The minimum Gasteiger partial charge on any atom is -0.495 e. The van der Waals surface area contributed by atoms with Gasteiger partial charge in [-0.1, -0.05) is 36.4 Å². The van der Waals surface area contributed by atoms with E-state index in [1.165, 1.54) is 7.11 Å². The highest BCUT2D eigenvalue weighted by atomic mass is 16.5. The quantitative estimate of drug-likeness (QED) is 0.386. The van der Waals surface area contributed by atoms with E-state index in [4.69, 9.17) is 13.9 Å². The number of nitrogens with one attached hydrogen (secondary N) is 2. The molecule has 168 valence electrons. The second kappa shape index (κ2) is 9.91. The summed E-state index contributed by atoms with van der Waals surface area (Å²) in [6.45, 7) is 2.49. The number of carbonyl (C=O) groups is 2. The molecule has 0 aliphatic heterocycles. The Morgan fingerprint density at radius 3 is 2.39 bits per heavy atom. The van der Waals surface area contributed by atoms with E-state index in [1.54, 1.807) is 36.4 Å². The fraction of sp³-hybridized carbons (Fsp3) is 0.154. The van der Waals surface area contributed by atoms with Gasteiger partial charge in [0.25, 0.3) is 5.91 Å². The maximum absolute atomic E-state index is 13.1. The van der Waals surface area contributed by atoms with Crippen molar-refractivity contribution < 1.29 is 23.5 Å². The van der Waals surface area contributed by atoms with Gasteiger partial charge in [-0.15, -0.1) is 0 Å². The van der Waals surface area contributed by atoms with Crippen LogP contribution in [0.25, 0.3) is 11.0 Å². The minimum atomic E-state index is -0.493. The van der Waals surface area contributed by atoms with Crippen molar-refractivity contribution >= 4 is 34.2 Å². The van der Waals surface area contributed by atoms with Crippen molar-refractivity contribution in [2.45, 2.75) is 13.3 Å². The summed E-state index contributed by atoms with van der Waals surface area (Å²) in [4.78, 5) is 25.9. The van der Waals surface area contributed by atoms with Crippen LogP contribution in [0.4, 0.5) is 11.4 Å². The highest BCUT2D eigenvalue weighted by molar-refractivity contribution is 6.15. The number of methoxy groups -OCH3 is 1. The lowest BCUT2D eigenvalue weighted by atomic mass is 10.1. The van der Waals surface area contributed by atoms with Gasteiger partial charge >= 0.3 is 0 Å². The second-order valence-electron chi connectivity index (χ2n) is 7.26. The Balaban J connectivity index is 1.58. The average Bonchev–Trinajstić information content (AvgIpc) is 3.19. The largest absolute Gasteiger partial charge is 0.495 e. The molecule has 1 heterocycles. The van der Waals surface area contributed by atoms with Crippen LogP contribution in [0.1, 0.15) is 23.0 Å². The van der Waals surface area contributed by atoms with E-state index in [0.717, 1.165) is 11.3 Å². The first-order chi connectivity index (χ1) is 16.1. The number of ether oxygens (including phenoxy) is 2. The topological polar surface area (TPSA) is 89.8 Å². The molecule has 0 aliphatic rings. The molecule has 33 heavy (non-hydrogen) atoms. The van der Waals surface area contributed by atoms with Crippen LogP contribution in [-0.2, 0) is 11.2 Å². The highest BCUT2D eigenvalue weighted by Gasteiger charge is 2.23. The third kappa shape index (κ3) is 4.98. The number of amides is 2. The Morgan fingerprint density at radius 2 is 1.64 bits per heavy atom. The summed E-state index contributed by atoms with van der Waals surface area (Å²) >= 11 is 0. The predicted molar refractivity (Wildman–Crippen MR) is 127 cm³/mol. The van der Waals surface area contributed by atoms with Crippen LogP contribution >= 0.6 is 0 Å². The number of carbonyl (C=O) groups excluding carboxylic acids is 2. The summed E-state index contributed by atoms with van der Waals surface area (Å²) in [6, 6.07) is 21.6.